The Kier molecular flexibility index (Phi) is 7.99. The monoisotopic (exact) mass is 326 g/mol. The Morgan fingerprint density at radius 2 is 1.77 bits per heavy atom. The first-order valence-corrected chi connectivity index (χ1v) is 7.36. The van der Waals surface area contributed by atoms with Gasteiger partial charge in [0, 0.05) is 23.7 Å². The van der Waals surface area contributed by atoms with Crippen LogP contribution in [0.4, 0.5) is 0 Å². The van der Waals surface area contributed by atoms with E-state index in [1.165, 1.54) is 0 Å². The van der Waals surface area contributed by atoms with Gasteiger partial charge in [-0.15, -0.1) is 0 Å². The molecular weight excluding hydrogens is 308 g/mol. The second-order valence-corrected chi connectivity index (χ2v) is 4.96. The van der Waals surface area contributed by atoms with Crippen LogP contribution in [0.2, 0.25) is 5.02 Å². The summed E-state index contributed by atoms with van der Waals surface area (Å²) in [7, 11) is 0. The van der Waals surface area contributed by atoms with Gasteiger partial charge in [-0.2, -0.15) is 0 Å². The number of hydrogen-bond donors (Lipinski definition) is 2. The summed E-state index contributed by atoms with van der Waals surface area (Å²) in [5.74, 6) is -1.17. The van der Waals surface area contributed by atoms with E-state index >= 15 is 0 Å². The van der Waals surface area contributed by atoms with Gasteiger partial charge >= 0.3 is 5.97 Å². The van der Waals surface area contributed by atoms with Crippen LogP contribution in [0, 0.1) is 0 Å². The lowest BCUT2D eigenvalue weighted by Crippen LogP contribution is -2.30. The summed E-state index contributed by atoms with van der Waals surface area (Å²) in [4.78, 5) is 34.4. The molecule has 0 aliphatic carbocycles. The van der Waals surface area contributed by atoms with E-state index in [4.69, 9.17) is 16.3 Å². The summed E-state index contributed by atoms with van der Waals surface area (Å²) >= 11 is 5.73. The lowest BCUT2D eigenvalue weighted by Gasteiger charge is -2.07. The van der Waals surface area contributed by atoms with Gasteiger partial charge in [-0.05, 0) is 30.7 Å². The van der Waals surface area contributed by atoms with Crippen molar-refractivity contribution < 1.29 is 19.1 Å². The molecule has 0 bridgehead atoms. The molecule has 1 rings (SSSR count). The smallest absolute Gasteiger partial charge is 0.308 e. The Bertz CT molecular complexity index is 517. The standard InChI is InChI=1S/C15H19ClN2O4/c1-2-8-17-13(19)10-22-14(20)7-9-18-15(21)11-3-5-12(16)6-4-11/h3-6H,2,7-10H2,1H3,(H,17,19)(H,18,21). The van der Waals surface area contributed by atoms with Crippen molar-refractivity contribution in [1.29, 1.82) is 0 Å². The minimum Gasteiger partial charge on any atom is -0.456 e. The van der Waals surface area contributed by atoms with Crippen LogP contribution in [-0.4, -0.2) is 37.5 Å². The molecule has 6 nitrogen and oxygen atoms in total. The maximum absolute atomic E-state index is 11.8. The molecule has 22 heavy (non-hydrogen) atoms. The van der Waals surface area contributed by atoms with Crippen molar-refractivity contribution in [1.82, 2.24) is 10.6 Å². The zero-order valence-electron chi connectivity index (χ0n) is 12.4. The topological polar surface area (TPSA) is 84.5 Å². The summed E-state index contributed by atoms with van der Waals surface area (Å²) in [6.45, 7) is 2.31. The number of rotatable bonds is 8. The number of carbonyl (C=O) groups excluding carboxylic acids is 3. The van der Waals surface area contributed by atoms with Crippen molar-refractivity contribution in [3.63, 3.8) is 0 Å². The molecule has 1 aromatic carbocycles. The molecular formula is C15H19ClN2O4. The van der Waals surface area contributed by atoms with E-state index in [0.717, 1.165) is 6.42 Å². The molecule has 0 aliphatic rings. The van der Waals surface area contributed by atoms with Gasteiger partial charge in [-0.1, -0.05) is 18.5 Å². The molecule has 7 heteroatoms. The summed E-state index contributed by atoms with van der Waals surface area (Å²) in [5, 5.41) is 5.72. The lowest BCUT2D eigenvalue weighted by atomic mass is 10.2. The number of nitrogens with one attached hydrogen (secondary N) is 2. The Morgan fingerprint density at radius 3 is 2.41 bits per heavy atom. The normalized spacial score (nSPS) is 9.91. The van der Waals surface area contributed by atoms with Crippen molar-refractivity contribution in [2.45, 2.75) is 19.8 Å². The SMILES string of the molecule is CCCNC(=O)COC(=O)CCNC(=O)c1ccc(Cl)cc1. The Hall–Kier alpha value is -2.08. The van der Waals surface area contributed by atoms with Crippen LogP contribution in [0.1, 0.15) is 30.1 Å². The van der Waals surface area contributed by atoms with Crippen LogP contribution < -0.4 is 10.6 Å². The van der Waals surface area contributed by atoms with Crippen molar-refractivity contribution in [2.24, 2.45) is 0 Å². The van der Waals surface area contributed by atoms with Crippen LogP contribution in [0.3, 0.4) is 0 Å². The molecule has 0 heterocycles. The number of halogens is 1. The van der Waals surface area contributed by atoms with E-state index < -0.39 is 5.97 Å². The molecule has 0 aromatic heterocycles. The molecule has 0 radical (unpaired) electrons. The largest absolute Gasteiger partial charge is 0.456 e. The van der Waals surface area contributed by atoms with Crippen LogP contribution in [-0.2, 0) is 14.3 Å². The van der Waals surface area contributed by atoms with E-state index in [2.05, 4.69) is 10.6 Å². The molecule has 120 valence electrons. The van der Waals surface area contributed by atoms with Crippen molar-refractivity contribution in [3.8, 4) is 0 Å². The van der Waals surface area contributed by atoms with Gasteiger partial charge in [0.25, 0.3) is 11.8 Å². The number of esters is 1. The third-order valence-corrected chi connectivity index (χ3v) is 2.91. The lowest BCUT2D eigenvalue weighted by molar-refractivity contribution is -0.148. The Labute approximate surface area is 134 Å². The van der Waals surface area contributed by atoms with Crippen LogP contribution in [0.25, 0.3) is 0 Å². The van der Waals surface area contributed by atoms with Crippen LogP contribution in [0.15, 0.2) is 24.3 Å². The predicted octanol–water partition coefficient (Wildman–Crippen LogP) is 1.53. The summed E-state index contributed by atoms with van der Waals surface area (Å²) in [5.41, 5.74) is 0.455. The maximum Gasteiger partial charge on any atom is 0.308 e. The zero-order chi connectivity index (χ0) is 16.4. The van der Waals surface area contributed by atoms with Crippen LogP contribution in [0.5, 0.6) is 0 Å². The number of benzene rings is 1. The molecule has 2 N–H and O–H groups in total. The molecule has 2 amide bonds. The van der Waals surface area contributed by atoms with Gasteiger partial charge in [0.2, 0.25) is 0 Å². The molecule has 0 atom stereocenters. The summed E-state index contributed by atoms with van der Waals surface area (Å²) in [6, 6.07) is 6.40. The fourth-order valence-corrected chi connectivity index (χ4v) is 1.64. The molecule has 0 spiro atoms. The third kappa shape index (κ3) is 7.08. The second-order valence-electron chi connectivity index (χ2n) is 4.52. The Balaban J connectivity index is 2.20. The number of hydrogen-bond acceptors (Lipinski definition) is 4. The highest BCUT2D eigenvalue weighted by molar-refractivity contribution is 6.30. The van der Waals surface area contributed by atoms with E-state index in [-0.39, 0.29) is 31.4 Å². The van der Waals surface area contributed by atoms with Crippen molar-refractivity contribution >= 4 is 29.4 Å². The van der Waals surface area contributed by atoms with E-state index in [9.17, 15) is 14.4 Å². The van der Waals surface area contributed by atoms with E-state index in [0.29, 0.717) is 17.1 Å². The van der Waals surface area contributed by atoms with E-state index in [1.54, 1.807) is 24.3 Å². The van der Waals surface area contributed by atoms with Gasteiger partial charge in [0.05, 0.1) is 6.42 Å². The third-order valence-electron chi connectivity index (χ3n) is 2.66. The molecule has 0 saturated carbocycles. The number of amides is 2. The first-order chi connectivity index (χ1) is 10.5. The first-order valence-electron chi connectivity index (χ1n) is 6.99. The fourth-order valence-electron chi connectivity index (χ4n) is 1.52. The van der Waals surface area contributed by atoms with Crippen LogP contribution >= 0.6 is 11.6 Å². The second kappa shape index (κ2) is 9.78. The Morgan fingerprint density at radius 1 is 1.09 bits per heavy atom. The molecule has 0 aliphatic heterocycles. The van der Waals surface area contributed by atoms with Crippen molar-refractivity contribution in [2.75, 3.05) is 19.7 Å². The summed E-state index contributed by atoms with van der Waals surface area (Å²) in [6.07, 6.45) is 0.816. The maximum atomic E-state index is 11.8. The average Bonchev–Trinajstić information content (AvgIpc) is 2.51. The zero-order valence-corrected chi connectivity index (χ0v) is 13.1. The molecule has 0 unspecified atom stereocenters. The fraction of sp³-hybridized carbons (Fsp3) is 0.400. The molecule has 0 fully saturated rings. The minimum absolute atomic E-state index is 0.000384. The highest BCUT2D eigenvalue weighted by Gasteiger charge is 2.09. The van der Waals surface area contributed by atoms with E-state index in [1.807, 2.05) is 6.92 Å². The van der Waals surface area contributed by atoms with Crippen molar-refractivity contribution in [3.05, 3.63) is 34.9 Å². The highest BCUT2D eigenvalue weighted by atomic mass is 35.5. The van der Waals surface area contributed by atoms with Gasteiger partial charge in [-0.3, -0.25) is 14.4 Å². The number of carbonyl (C=O) groups is 3. The van der Waals surface area contributed by atoms with Gasteiger partial charge < -0.3 is 15.4 Å². The van der Waals surface area contributed by atoms with Gasteiger partial charge in [0.15, 0.2) is 6.61 Å². The summed E-state index contributed by atoms with van der Waals surface area (Å²) < 4.78 is 4.78. The highest BCUT2D eigenvalue weighted by Crippen LogP contribution is 2.09. The molecule has 0 saturated heterocycles. The predicted molar refractivity (Wildman–Crippen MR) is 82.7 cm³/mol. The molecule has 1 aromatic rings. The minimum atomic E-state index is -0.539. The van der Waals surface area contributed by atoms with Gasteiger partial charge in [-0.25, -0.2) is 0 Å². The van der Waals surface area contributed by atoms with Gasteiger partial charge in [0.1, 0.15) is 0 Å². The quantitative estimate of drug-likeness (QED) is 0.709. The number of ether oxygens (including phenoxy) is 1. The first kappa shape index (κ1) is 18.0. The average molecular weight is 327 g/mol.